The topological polar surface area (TPSA) is 43.4 Å². The largest absolute Gasteiger partial charge is 0.469 e. The Morgan fingerprint density at radius 3 is 2.25 bits per heavy atom. The average Bonchev–Trinajstić information content (AvgIpc) is 2.38. The number of hydrogen-bond donors (Lipinski definition) is 0. The van der Waals surface area contributed by atoms with E-state index in [2.05, 4.69) is 0 Å². The highest BCUT2D eigenvalue weighted by Gasteiger charge is 2.34. The quantitative estimate of drug-likeness (QED) is 0.781. The summed E-state index contributed by atoms with van der Waals surface area (Å²) >= 11 is 0. The Morgan fingerprint density at radius 1 is 1.25 bits per heavy atom. The van der Waals surface area contributed by atoms with Crippen LogP contribution in [0.25, 0.3) is 0 Å². The number of ether oxygens (including phenoxy) is 1. The van der Waals surface area contributed by atoms with Crippen LogP contribution in [0.2, 0.25) is 0 Å². The van der Waals surface area contributed by atoms with Gasteiger partial charge in [-0.2, -0.15) is 0 Å². The fourth-order valence-corrected chi connectivity index (χ4v) is 3.82. The zero-order valence-electron chi connectivity index (χ0n) is 12.9. The molecule has 0 saturated heterocycles. The summed E-state index contributed by atoms with van der Waals surface area (Å²) in [6, 6.07) is 9.76. The summed E-state index contributed by atoms with van der Waals surface area (Å²) in [6.45, 7) is 7.84. The van der Waals surface area contributed by atoms with Crippen molar-refractivity contribution in [2.24, 2.45) is 5.92 Å². The van der Waals surface area contributed by atoms with E-state index in [4.69, 9.17) is 4.74 Å². The van der Waals surface area contributed by atoms with Gasteiger partial charge in [-0.15, -0.1) is 0 Å². The number of esters is 1. The molecule has 0 fully saturated rings. The van der Waals surface area contributed by atoms with Crippen molar-refractivity contribution in [1.29, 1.82) is 0 Å². The molecule has 0 aliphatic heterocycles. The monoisotopic (exact) mass is 296 g/mol. The Balaban J connectivity index is 3.08. The first kappa shape index (κ1) is 16.9. The van der Waals surface area contributed by atoms with Gasteiger partial charge in [0.1, 0.15) is 0 Å². The molecule has 0 saturated carbocycles. The molecule has 0 aliphatic rings. The molecule has 1 aromatic rings. The van der Waals surface area contributed by atoms with Crippen molar-refractivity contribution < 1.29 is 13.7 Å². The molecule has 1 unspecified atom stereocenters. The number of hydrogen-bond acceptors (Lipinski definition) is 3. The van der Waals surface area contributed by atoms with Crippen molar-refractivity contribution in [1.82, 2.24) is 0 Å². The summed E-state index contributed by atoms with van der Waals surface area (Å²) in [5.41, 5.74) is 1.01. The van der Waals surface area contributed by atoms with E-state index in [0.717, 1.165) is 5.56 Å². The van der Waals surface area contributed by atoms with E-state index in [1.807, 2.05) is 58.0 Å². The summed E-state index contributed by atoms with van der Waals surface area (Å²) in [4.78, 5) is 11.5. The van der Waals surface area contributed by atoms with Crippen LogP contribution < -0.4 is 0 Å². The Hall–Kier alpha value is -1.16. The van der Waals surface area contributed by atoms with Gasteiger partial charge in [-0.1, -0.05) is 37.3 Å². The maximum Gasteiger partial charge on any atom is 0.305 e. The minimum absolute atomic E-state index is 0.0371. The number of carbonyl (C=O) groups excluding carboxylic acids is 1. The van der Waals surface area contributed by atoms with Crippen molar-refractivity contribution >= 4 is 16.8 Å². The second-order valence-corrected chi connectivity index (χ2v) is 8.33. The van der Waals surface area contributed by atoms with Crippen LogP contribution in [-0.2, 0) is 20.3 Å². The molecule has 0 amide bonds. The standard InChI is InChI=1S/C16H24O3S/c1-12(11-14(17)19-5)15(20(18)16(2,3)4)13-9-7-6-8-10-13/h6-10,12,15H,11H2,1-5H3/t12-,15+,20?/m1/s1. The van der Waals surface area contributed by atoms with Crippen LogP contribution in [0, 0.1) is 5.92 Å². The highest BCUT2D eigenvalue weighted by molar-refractivity contribution is 7.86. The summed E-state index contributed by atoms with van der Waals surface area (Å²) in [6.07, 6.45) is 0.276. The minimum Gasteiger partial charge on any atom is -0.469 e. The molecule has 0 heterocycles. The van der Waals surface area contributed by atoms with E-state index in [0.29, 0.717) is 0 Å². The third-order valence-corrected chi connectivity index (χ3v) is 5.60. The number of carbonyl (C=O) groups is 1. The summed E-state index contributed by atoms with van der Waals surface area (Å²) in [7, 11) is 0.300. The van der Waals surface area contributed by atoms with E-state index in [1.54, 1.807) is 0 Å². The fourth-order valence-electron chi connectivity index (χ4n) is 2.14. The number of benzene rings is 1. The molecule has 0 spiro atoms. The molecule has 0 N–H and O–H groups in total. The van der Waals surface area contributed by atoms with Gasteiger partial charge < -0.3 is 4.74 Å². The normalized spacial score (nSPS) is 16.2. The predicted molar refractivity (Wildman–Crippen MR) is 82.9 cm³/mol. The lowest BCUT2D eigenvalue weighted by molar-refractivity contribution is -0.141. The molecular formula is C16H24O3S. The lowest BCUT2D eigenvalue weighted by Gasteiger charge is -2.30. The van der Waals surface area contributed by atoms with Crippen LogP contribution in [0.15, 0.2) is 30.3 Å². The fraction of sp³-hybridized carbons (Fsp3) is 0.562. The van der Waals surface area contributed by atoms with Crippen LogP contribution in [0.3, 0.4) is 0 Å². The van der Waals surface area contributed by atoms with Crippen LogP contribution in [0.4, 0.5) is 0 Å². The predicted octanol–water partition coefficient (Wildman–Crippen LogP) is 3.47. The van der Waals surface area contributed by atoms with Crippen molar-refractivity contribution in [3.63, 3.8) is 0 Å². The first-order valence-corrected chi connectivity index (χ1v) is 8.01. The smallest absolute Gasteiger partial charge is 0.305 e. The minimum atomic E-state index is -1.08. The maximum absolute atomic E-state index is 12.8. The second-order valence-electron chi connectivity index (χ2n) is 6.00. The Labute approximate surface area is 124 Å². The highest BCUT2D eigenvalue weighted by Crippen LogP contribution is 2.35. The Kier molecular flexibility index (Phi) is 5.93. The summed E-state index contributed by atoms with van der Waals surface area (Å²) in [5.74, 6) is -0.297. The molecule has 20 heavy (non-hydrogen) atoms. The van der Waals surface area contributed by atoms with Gasteiger partial charge in [-0.25, -0.2) is 0 Å². The molecule has 3 nitrogen and oxygen atoms in total. The van der Waals surface area contributed by atoms with Gasteiger partial charge in [0.05, 0.1) is 12.4 Å². The van der Waals surface area contributed by atoms with E-state index in [9.17, 15) is 9.00 Å². The van der Waals surface area contributed by atoms with Crippen molar-refractivity contribution in [3.8, 4) is 0 Å². The highest BCUT2D eigenvalue weighted by atomic mass is 32.2. The molecule has 3 atom stereocenters. The Bertz CT molecular complexity index is 462. The van der Waals surface area contributed by atoms with Gasteiger partial charge in [0.15, 0.2) is 0 Å². The molecular weight excluding hydrogens is 272 g/mol. The van der Waals surface area contributed by atoms with Crippen molar-refractivity contribution in [2.45, 2.75) is 44.1 Å². The number of rotatable bonds is 5. The third kappa shape index (κ3) is 4.44. The molecule has 0 aromatic heterocycles. The second kappa shape index (κ2) is 7.02. The van der Waals surface area contributed by atoms with Crippen LogP contribution in [0.1, 0.15) is 44.9 Å². The summed E-state index contributed by atoms with van der Waals surface area (Å²) in [5, 5.41) is -0.171. The lowest BCUT2D eigenvalue weighted by atomic mass is 9.97. The van der Waals surface area contributed by atoms with E-state index in [1.165, 1.54) is 7.11 Å². The first-order valence-electron chi connectivity index (χ1n) is 6.79. The van der Waals surface area contributed by atoms with Crippen LogP contribution in [0.5, 0.6) is 0 Å². The maximum atomic E-state index is 12.8. The molecule has 0 bridgehead atoms. The van der Waals surface area contributed by atoms with Gasteiger partial charge in [-0.3, -0.25) is 9.00 Å². The molecule has 0 aliphatic carbocycles. The van der Waals surface area contributed by atoms with Crippen molar-refractivity contribution in [3.05, 3.63) is 35.9 Å². The molecule has 1 rings (SSSR count). The number of methoxy groups -OCH3 is 1. The lowest BCUT2D eigenvalue weighted by Crippen LogP contribution is -2.31. The van der Waals surface area contributed by atoms with Crippen molar-refractivity contribution in [2.75, 3.05) is 7.11 Å². The SMILES string of the molecule is COC(=O)C[C@@H](C)[C@@H](c1ccccc1)S(=O)C(C)(C)C. The first-order chi connectivity index (χ1) is 9.27. The van der Waals surface area contributed by atoms with Gasteiger partial charge in [-0.05, 0) is 32.3 Å². The van der Waals surface area contributed by atoms with Gasteiger partial charge in [0.2, 0.25) is 0 Å². The van der Waals surface area contributed by atoms with E-state index < -0.39 is 10.8 Å². The van der Waals surface area contributed by atoms with E-state index in [-0.39, 0.29) is 28.3 Å². The van der Waals surface area contributed by atoms with Crippen LogP contribution in [-0.4, -0.2) is 22.0 Å². The summed E-state index contributed by atoms with van der Waals surface area (Å²) < 4.78 is 17.2. The van der Waals surface area contributed by atoms with E-state index >= 15 is 0 Å². The molecule has 0 radical (unpaired) electrons. The third-order valence-electron chi connectivity index (χ3n) is 3.20. The zero-order chi connectivity index (χ0) is 15.3. The Morgan fingerprint density at radius 2 is 1.80 bits per heavy atom. The molecule has 4 heteroatoms. The molecule has 1 aromatic carbocycles. The average molecular weight is 296 g/mol. The zero-order valence-corrected chi connectivity index (χ0v) is 13.7. The van der Waals surface area contributed by atoms with Crippen LogP contribution >= 0.6 is 0 Å². The van der Waals surface area contributed by atoms with Gasteiger partial charge in [0.25, 0.3) is 0 Å². The molecule has 112 valence electrons. The van der Waals surface area contributed by atoms with Gasteiger partial charge >= 0.3 is 5.97 Å². The van der Waals surface area contributed by atoms with Gasteiger partial charge in [0, 0.05) is 22.0 Å².